The van der Waals surface area contributed by atoms with E-state index in [4.69, 9.17) is 11.6 Å². The standard InChI is InChI=1S/C25H19ClF3N5O3/c26-18-7-9-20(10-8-18)34-24(37)33(15-16-4-3-5-17(14-16)25(27,28)29)23(36)21(32-34)22(35)31-13-11-19-6-1-2-12-30-19/h1-10,12,14H,11,13,15H2,(H,31,35). The maximum atomic E-state index is 13.2. The van der Waals surface area contributed by atoms with E-state index >= 15 is 0 Å². The van der Waals surface area contributed by atoms with Crippen molar-refractivity contribution in [3.8, 4) is 5.69 Å². The van der Waals surface area contributed by atoms with Crippen molar-refractivity contribution >= 4 is 17.5 Å². The topological polar surface area (TPSA) is 98.9 Å². The van der Waals surface area contributed by atoms with Gasteiger partial charge < -0.3 is 5.32 Å². The molecule has 37 heavy (non-hydrogen) atoms. The maximum Gasteiger partial charge on any atom is 0.416 e. The number of amides is 1. The molecular weight excluding hydrogens is 511 g/mol. The fourth-order valence-corrected chi connectivity index (χ4v) is 3.64. The highest BCUT2D eigenvalue weighted by Gasteiger charge is 2.30. The molecule has 1 N–H and O–H groups in total. The Hall–Kier alpha value is -4.25. The van der Waals surface area contributed by atoms with Crippen molar-refractivity contribution in [1.29, 1.82) is 0 Å². The predicted octanol–water partition coefficient (Wildman–Crippen LogP) is 3.48. The predicted molar refractivity (Wildman–Crippen MR) is 130 cm³/mol. The van der Waals surface area contributed by atoms with Crippen LogP contribution in [-0.4, -0.2) is 31.8 Å². The molecule has 4 rings (SSSR count). The van der Waals surface area contributed by atoms with Gasteiger partial charge in [0.05, 0.1) is 17.8 Å². The number of halogens is 4. The van der Waals surface area contributed by atoms with Crippen LogP contribution in [0.4, 0.5) is 13.2 Å². The van der Waals surface area contributed by atoms with Gasteiger partial charge in [0.1, 0.15) is 0 Å². The molecule has 0 saturated carbocycles. The zero-order valence-corrected chi connectivity index (χ0v) is 19.8. The molecule has 1 amide bonds. The third-order valence-corrected chi connectivity index (χ3v) is 5.59. The van der Waals surface area contributed by atoms with Crippen molar-refractivity contribution in [3.05, 3.63) is 121 Å². The van der Waals surface area contributed by atoms with Crippen molar-refractivity contribution in [2.24, 2.45) is 0 Å². The van der Waals surface area contributed by atoms with Crippen molar-refractivity contribution in [2.45, 2.75) is 19.1 Å². The summed E-state index contributed by atoms with van der Waals surface area (Å²) < 4.78 is 41.0. The summed E-state index contributed by atoms with van der Waals surface area (Å²) in [5.41, 5.74) is -2.54. The summed E-state index contributed by atoms with van der Waals surface area (Å²) in [6.07, 6.45) is -2.63. The highest BCUT2D eigenvalue weighted by atomic mass is 35.5. The van der Waals surface area contributed by atoms with Gasteiger partial charge in [0, 0.05) is 29.9 Å². The normalized spacial score (nSPS) is 11.4. The minimum Gasteiger partial charge on any atom is -0.350 e. The zero-order valence-electron chi connectivity index (χ0n) is 19.1. The second-order valence-corrected chi connectivity index (χ2v) is 8.37. The number of hydrogen-bond donors (Lipinski definition) is 1. The fourth-order valence-electron chi connectivity index (χ4n) is 3.51. The molecule has 0 saturated heterocycles. The van der Waals surface area contributed by atoms with Gasteiger partial charge >= 0.3 is 11.9 Å². The first-order valence-corrected chi connectivity index (χ1v) is 11.4. The van der Waals surface area contributed by atoms with E-state index < -0.39 is 41.1 Å². The van der Waals surface area contributed by atoms with Crippen molar-refractivity contribution in [1.82, 2.24) is 24.6 Å². The summed E-state index contributed by atoms with van der Waals surface area (Å²) in [5, 5.41) is 6.93. The maximum absolute atomic E-state index is 13.2. The Balaban J connectivity index is 1.73. The van der Waals surface area contributed by atoms with E-state index in [0.29, 0.717) is 21.7 Å². The number of nitrogens with one attached hydrogen (secondary N) is 1. The Labute approximate surface area is 213 Å². The average Bonchev–Trinajstić information content (AvgIpc) is 2.87. The highest BCUT2D eigenvalue weighted by molar-refractivity contribution is 6.30. The van der Waals surface area contributed by atoms with Gasteiger partial charge in [-0.25, -0.2) is 4.79 Å². The van der Waals surface area contributed by atoms with Crippen LogP contribution in [0, 0.1) is 0 Å². The van der Waals surface area contributed by atoms with Crippen LogP contribution >= 0.6 is 11.6 Å². The minimum atomic E-state index is -4.61. The molecule has 2 aromatic heterocycles. The minimum absolute atomic E-state index is 0.0457. The molecule has 0 bridgehead atoms. The summed E-state index contributed by atoms with van der Waals surface area (Å²) in [6, 6.07) is 15.4. The van der Waals surface area contributed by atoms with Gasteiger partial charge in [-0.15, -0.1) is 0 Å². The van der Waals surface area contributed by atoms with Crippen LogP contribution in [0.2, 0.25) is 5.02 Å². The third kappa shape index (κ3) is 6.12. The second-order valence-electron chi connectivity index (χ2n) is 7.94. The molecule has 0 atom stereocenters. The molecule has 0 aliphatic rings. The number of benzene rings is 2. The summed E-state index contributed by atoms with van der Waals surface area (Å²) in [6.45, 7) is -0.378. The second kappa shape index (κ2) is 10.8. The van der Waals surface area contributed by atoms with E-state index in [1.54, 1.807) is 24.4 Å². The van der Waals surface area contributed by atoms with Crippen LogP contribution in [0.1, 0.15) is 27.3 Å². The smallest absolute Gasteiger partial charge is 0.350 e. The molecule has 0 aliphatic heterocycles. The van der Waals surface area contributed by atoms with Crippen LogP contribution in [-0.2, 0) is 19.1 Å². The summed E-state index contributed by atoms with van der Waals surface area (Å²) in [4.78, 5) is 43.4. The zero-order chi connectivity index (χ0) is 26.6. The van der Waals surface area contributed by atoms with Gasteiger partial charge in [0.2, 0.25) is 5.69 Å². The van der Waals surface area contributed by atoms with E-state index in [1.165, 1.54) is 36.4 Å². The Morgan fingerprint density at radius 1 is 1.00 bits per heavy atom. The lowest BCUT2D eigenvalue weighted by Gasteiger charge is -2.13. The van der Waals surface area contributed by atoms with E-state index in [9.17, 15) is 27.6 Å². The number of aromatic nitrogens is 4. The van der Waals surface area contributed by atoms with E-state index in [1.807, 2.05) is 0 Å². The van der Waals surface area contributed by atoms with Crippen molar-refractivity contribution in [2.75, 3.05) is 6.54 Å². The molecule has 2 heterocycles. The Morgan fingerprint density at radius 3 is 2.43 bits per heavy atom. The molecule has 0 unspecified atom stereocenters. The Bertz CT molecular complexity index is 1530. The van der Waals surface area contributed by atoms with Gasteiger partial charge in [-0.05, 0) is 54.1 Å². The van der Waals surface area contributed by atoms with Crippen LogP contribution in [0.5, 0.6) is 0 Å². The van der Waals surface area contributed by atoms with E-state index in [-0.39, 0.29) is 17.8 Å². The number of pyridine rings is 1. The third-order valence-electron chi connectivity index (χ3n) is 5.33. The Kier molecular flexibility index (Phi) is 7.53. The molecule has 2 aromatic carbocycles. The number of alkyl halides is 3. The molecule has 4 aromatic rings. The van der Waals surface area contributed by atoms with Gasteiger partial charge in [0.15, 0.2) is 0 Å². The van der Waals surface area contributed by atoms with Crippen LogP contribution in [0.25, 0.3) is 5.69 Å². The first-order valence-electron chi connectivity index (χ1n) is 11.0. The summed E-state index contributed by atoms with van der Waals surface area (Å²) in [7, 11) is 0. The van der Waals surface area contributed by atoms with E-state index in [2.05, 4.69) is 15.4 Å². The van der Waals surface area contributed by atoms with E-state index in [0.717, 1.165) is 16.8 Å². The SMILES string of the molecule is O=C(NCCc1ccccn1)c1nn(-c2ccc(Cl)cc2)c(=O)n(Cc2cccc(C(F)(F)F)c2)c1=O. The lowest BCUT2D eigenvalue weighted by atomic mass is 10.1. The number of carbonyl (C=O) groups excluding carboxylic acids is 1. The first kappa shape index (κ1) is 25.8. The molecular formula is C25H19ClF3N5O3. The average molecular weight is 530 g/mol. The van der Waals surface area contributed by atoms with Crippen molar-refractivity contribution in [3.63, 3.8) is 0 Å². The molecule has 190 valence electrons. The Morgan fingerprint density at radius 2 is 1.76 bits per heavy atom. The molecule has 0 spiro atoms. The summed E-state index contributed by atoms with van der Waals surface area (Å²) in [5.74, 6) is -0.846. The van der Waals surface area contributed by atoms with Crippen LogP contribution in [0.3, 0.4) is 0 Å². The van der Waals surface area contributed by atoms with Gasteiger partial charge in [-0.2, -0.15) is 23.0 Å². The number of rotatable bonds is 7. The number of carbonyl (C=O) groups is 1. The lowest BCUT2D eigenvalue weighted by molar-refractivity contribution is -0.137. The molecule has 0 aliphatic carbocycles. The fraction of sp³-hybridized carbons (Fsp3) is 0.160. The number of nitrogens with zero attached hydrogens (tertiary/aromatic N) is 4. The highest BCUT2D eigenvalue weighted by Crippen LogP contribution is 2.29. The lowest BCUT2D eigenvalue weighted by Crippen LogP contribution is -2.46. The van der Waals surface area contributed by atoms with Gasteiger partial charge in [-0.3, -0.25) is 19.1 Å². The molecule has 12 heteroatoms. The van der Waals surface area contributed by atoms with Crippen LogP contribution in [0.15, 0.2) is 82.5 Å². The van der Waals surface area contributed by atoms with Crippen molar-refractivity contribution < 1.29 is 18.0 Å². The number of hydrogen-bond acceptors (Lipinski definition) is 5. The largest absolute Gasteiger partial charge is 0.416 e. The first-order chi connectivity index (χ1) is 17.6. The van der Waals surface area contributed by atoms with Gasteiger partial charge in [-0.1, -0.05) is 29.8 Å². The summed E-state index contributed by atoms with van der Waals surface area (Å²) >= 11 is 5.92. The quantitative estimate of drug-likeness (QED) is 0.395. The molecule has 0 fully saturated rings. The van der Waals surface area contributed by atoms with Gasteiger partial charge in [0.25, 0.3) is 11.5 Å². The monoisotopic (exact) mass is 529 g/mol. The molecule has 8 nitrogen and oxygen atoms in total. The van der Waals surface area contributed by atoms with Crippen LogP contribution < -0.4 is 16.6 Å². The molecule has 0 radical (unpaired) electrons.